The molecule has 31 heavy (non-hydrogen) atoms. The van der Waals surface area contributed by atoms with E-state index in [0.717, 1.165) is 4.31 Å². The monoisotopic (exact) mass is 483 g/mol. The average Bonchev–Trinajstić information content (AvgIpc) is 2.74. The molecular formula is C20H22ClN3O5S2. The highest BCUT2D eigenvalue weighted by Crippen LogP contribution is 2.30. The van der Waals surface area contributed by atoms with Gasteiger partial charge in [0.05, 0.1) is 22.1 Å². The molecule has 8 nitrogen and oxygen atoms in total. The van der Waals surface area contributed by atoms with Crippen LogP contribution in [0.15, 0.2) is 82.5 Å². The summed E-state index contributed by atoms with van der Waals surface area (Å²) in [5.41, 5.74) is 5.93. The number of aromatic hydroxyl groups is 1. The van der Waals surface area contributed by atoms with Gasteiger partial charge in [-0.15, -0.1) is 12.4 Å². The summed E-state index contributed by atoms with van der Waals surface area (Å²) in [6.07, 6.45) is 2.68. The van der Waals surface area contributed by atoms with E-state index in [2.05, 4.69) is 4.98 Å². The van der Waals surface area contributed by atoms with Gasteiger partial charge < -0.3 is 10.8 Å². The van der Waals surface area contributed by atoms with E-state index < -0.39 is 25.6 Å². The third-order valence-corrected chi connectivity index (χ3v) is 8.16. The lowest BCUT2D eigenvalue weighted by molar-refractivity contribution is 0.460. The Labute approximate surface area is 187 Å². The highest BCUT2D eigenvalue weighted by molar-refractivity contribution is 7.91. The highest BCUT2D eigenvalue weighted by Gasteiger charge is 2.29. The number of fused-ring (bicyclic) bond motifs is 1. The fraction of sp³-hybridized carbons (Fsp3) is 0.150. The first-order valence-electron chi connectivity index (χ1n) is 8.97. The van der Waals surface area contributed by atoms with E-state index in [1.807, 2.05) is 0 Å². The molecule has 0 aliphatic heterocycles. The molecular weight excluding hydrogens is 462 g/mol. The van der Waals surface area contributed by atoms with Gasteiger partial charge >= 0.3 is 0 Å². The van der Waals surface area contributed by atoms with Crippen molar-refractivity contribution >= 4 is 43.0 Å². The fourth-order valence-electron chi connectivity index (χ4n) is 2.99. The molecule has 0 aliphatic rings. The number of benzene rings is 2. The second kappa shape index (κ2) is 9.54. The summed E-state index contributed by atoms with van der Waals surface area (Å²) in [5.74, 6) is -0.863. The van der Waals surface area contributed by atoms with Gasteiger partial charge in [0.15, 0.2) is 9.84 Å². The molecule has 166 valence electrons. The van der Waals surface area contributed by atoms with Crippen LogP contribution in [-0.2, 0) is 19.9 Å². The standard InChI is InChI=1S/C20H21N3O5S2.ClH/c1-2-19(21)23(13-14-29(25,26)15-7-4-3-5-8-15)30(27,28)18-10-6-9-17-16(18)11-12-22-20(17)24;/h2-12H,13-14,21H2,1H3,(H,22,24);1H. The number of allylic oxidation sites excluding steroid dienone is 1. The summed E-state index contributed by atoms with van der Waals surface area (Å²) < 4.78 is 53.0. The number of aromatic nitrogens is 1. The first kappa shape index (κ1) is 24.4. The minimum Gasteiger partial charge on any atom is -0.493 e. The van der Waals surface area contributed by atoms with Crippen molar-refractivity contribution in [3.8, 4) is 5.88 Å². The minimum absolute atomic E-state index is 0. The maximum absolute atomic E-state index is 13.4. The summed E-state index contributed by atoms with van der Waals surface area (Å²) in [7, 11) is -7.95. The van der Waals surface area contributed by atoms with Crippen LogP contribution in [0.4, 0.5) is 0 Å². The molecule has 0 saturated carbocycles. The van der Waals surface area contributed by atoms with Gasteiger partial charge in [-0.05, 0) is 43.3 Å². The summed E-state index contributed by atoms with van der Waals surface area (Å²) in [5, 5.41) is 10.5. The molecule has 3 aromatic rings. The van der Waals surface area contributed by atoms with Crippen LogP contribution in [0, 0.1) is 0 Å². The number of sulfonamides is 1. The molecule has 0 aliphatic carbocycles. The van der Waals surface area contributed by atoms with E-state index in [1.54, 1.807) is 31.2 Å². The SMILES string of the molecule is CC=C(N)N(CCS(=O)(=O)c1ccccc1)S(=O)(=O)c1cccc2c(O)nccc12.Cl. The Hall–Kier alpha value is -2.82. The Bertz CT molecular complexity index is 1310. The smallest absolute Gasteiger partial charge is 0.266 e. The van der Waals surface area contributed by atoms with Crippen molar-refractivity contribution in [3.63, 3.8) is 0 Å². The van der Waals surface area contributed by atoms with Crippen LogP contribution in [0.1, 0.15) is 6.92 Å². The predicted molar refractivity (Wildman–Crippen MR) is 121 cm³/mol. The summed E-state index contributed by atoms with van der Waals surface area (Å²) in [6, 6.07) is 13.6. The van der Waals surface area contributed by atoms with E-state index in [-0.39, 0.29) is 51.2 Å². The van der Waals surface area contributed by atoms with Crippen molar-refractivity contribution in [1.29, 1.82) is 0 Å². The van der Waals surface area contributed by atoms with Gasteiger partial charge in [-0.1, -0.05) is 24.3 Å². The second-order valence-corrected chi connectivity index (χ2v) is 10.3. The van der Waals surface area contributed by atoms with Crippen LogP contribution in [0.5, 0.6) is 5.88 Å². The lowest BCUT2D eigenvalue weighted by Crippen LogP contribution is -2.37. The van der Waals surface area contributed by atoms with Crippen LogP contribution in [-0.4, -0.2) is 43.5 Å². The average molecular weight is 484 g/mol. The molecule has 3 N–H and O–H groups in total. The highest BCUT2D eigenvalue weighted by atomic mass is 35.5. The van der Waals surface area contributed by atoms with Gasteiger partial charge in [-0.25, -0.2) is 21.8 Å². The van der Waals surface area contributed by atoms with Gasteiger partial charge in [-0.2, -0.15) is 0 Å². The maximum atomic E-state index is 13.4. The number of hydrogen-bond acceptors (Lipinski definition) is 7. The number of rotatable bonds is 7. The normalized spacial score (nSPS) is 12.4. The minimum atomic E-state index is -4.22. The molecule has 1 aromatic heterocycles. The molecule has 0 atom stereocenters. The first-order chi connectivity index (χ1) is 14.2. The van der Waals surface area contributed by atoms with E-state index in [1.165, 1.54) is 42.6 Å². The van der Waals surface area contributed by atoms with Gasteiger partial charge in [0.25, 0.3) is 10.0 Å². The van der Waals surface area contributed by atoms with Gasteiger partial charge in [0, 0.05) is 17.0 Å². The molecule has 0 fully saturated rings. The largest absolute Gasteiger partial charge is 0.493 e. The van der Waals surface area contributed by atoms with Crippen LogP contribution in [0.2, 0.25) is 0 Å². The molecule has 0 saturated heterocycles. The molecule has 1 heterocycles. The number of pyridine rings is 1. The van der Waals surface area contributed by atoms with Crippen LogP contribution in [0.25, 0.3) is 10.8 Å². The molecule has 3 rings (SSSR count). The second-order valence-electron chi connectivity index (χ2n) is 6.41. The van der Waals surface area contributed by atoms with Gasteiger partial charge in [0.2, 0.25) is 5.88 Å². The van der Waals surface area contributed by atoms with Gasteiger partial charge in [-0.3, -0.25) is 4.31 Å². The number of nitrogens with two attached hydrogens (primary N) is 1. The summed E-state index contributed by atoms with van der Waals surface area (Å²) in [6.45, 7) is 1.19. The zero-order valence-electron chi connectivity index (χ0n) is 16.5. The van der Waals surface area contributed by atoms with Crippen molar-refractivity contribution in [2.24, 2.45) is 5.73 Å². The van der Waals surface area contributed by atoms with Crippen molar-refractivity contribution in [2.45, 2.75) is 16.7 Å². The van der Waals surface area contributed by atoms with E-state index >= 15 is 0 Å². The Morgan fingerprint density at radius 1 is 1.03 bits per heavy atom. The lowest BCUT2D eigenvalue weighted by atomic mass is 10.2. The van der Waals surface area contributed by atoms with E-state index in [0.29, 0.717) is 0 Å². The molecule has 0 spiro atoms. The molecule has 0 radical (unpaired) electrons. The Morgan fingerprint density at radius 3 is 2.35 bits per heavy atom. The molecule has 2 aromatic carbocycles. The van der Waals surface area contributed by atoms with Crippen molar-refractivity contribution in [1.82, 2.24) is 9.29 Å². The Morgan fingerprint density at radius 2 is 1.71 bits per heavy atom. The molecule has 0 unspecified atom stereocenters. The maximum Gasteiger partial charge on any atom is 0.266 e. The first-order valence-corrected chi connectivity index (χ1v) is 12.1. The quantitative estimate of drug-likeness (QED) is 0.528. The van der Waals surface area contributed by atoms with Crippen LogP contribution >= 0.6 is 12.4 Å². The topological polar surface area (TPSA) is 131 Å². The lowest BCUT2D eigenvalue weighted by Gasteiger charge is -2.25. The van der Waals surface area contributed by atoms with Crippen molar-refractivity contribution in [3.05, 3.63) is 72.7 Å². The number of nitrogens with zero attached hydrogens (tertiary/aromatic N) is 2. The summed E-state index contributed by atoms with van der Waals surface area (Å²) in [4.78, 5) is 3.75. The number of halogens is 1. The predicted octanol–water partition coefficient (Wildman–Crippen LogP) is 2.65. The zero-order chi connectivity index (χ0) is 21.9. The Kier molecular flexibility index (Phi) is 7.53. The third-order valence-electron chi connectivity index (χ3n) is 4.56. The fourth-order valence-corrected chi connectivity index (χ4v) is 5.99. The summed E-state index contributed by atoms with van der Waals surface area (Å²) >= 11 is 0. The molecule has 0 amide bonds. The third kappa shape index (κ3) is 4.92. The van der Waals surface area contributed by atoms with Crippen molar-refractivity contribution in [2.75, 3.05) is 12.3 Å². The van der Waals surface area contributed by atoms with Crippen molar-refractivity contribution < 1.29 is 21.9 Å². The van der Waals surface area contributed by atoms with E-state index in [4.69, 9.17) is 5.73 Å². The number of hydrogen-bond donors (Lipinski definition) is 2. The zero-order valence-corrected chi connectivity index (χ0v) is 19.0. The Balaban J connectivity index is 0.00000341. The number of sulfone groups is 1. The van der Waals surface area contributed by atoms with Crippen LogP contribution < -0.4 is 5.73 Å². The van der Waals surface area contributed by atoms with Gasteiger partial charge in [0.1, 0.15) is 5.82 Å². The van der Waals surface area contributed by atoms with E-state index in [9.17, 15) is 21.9 Å². The molecule has 0 bridgehead atoms. The van der Waals surface area contributed by atoms with Crippen LogP contribution in [0.3, 0.4) is 0 Å². The molecule has 11 heteroatoms.